The molecule has 2 saturated heterocycles. The van der Waals surface area contributed by atoms with Crippen molar-refractivity contribution in [3.63, 3.8) is 0 Å². The van der Waals surface area contributed by atoms with Crippen molar-refractivity contribution in [1.82, 2.24) is 36.1 Å². The molecule has 49 heavy (non-hydrogen) atoms. The van der Waals surface area contributed by atoms with Gasteiger partial charge in [0.1, 0.15) is 29.9 Å². The number of Topliss-reactive ketones (excluding diaryl/α,β-unsaturated/α-hetero) is 1. The zero-order valence-corrected chi connectivity index (χ0v) is 29.7. The largest absolute Gasteiger partial charge is 0.347 e. The molecule has 2 saturated carbocycles. The Morgan fingerprint density at radius 1 is 1.02 bits per heavy atom. The van der Waals surface area contributed by atoms with Gasteiger partial charge in [0.15, 0.2) is 0 Å². The average Bonchev–Trinajstić information content (AvgIpc) is 3.67. The van der Waals surface area contributed by atoms with Crippen LogP contribution in [0.4, 0.5) is 0 Å². The average molecular weight is 680 g/mol. The van der Waals surface area contributed by atoms with E-state index in [4.69, 9.17) is 0 Å². The normalized spacial score (nSPS) is 28.4. The Labute approximate surface area is 288 Å². The molecule has 4 N–H and O–H groups in total. The molecule has 5 amide bonds. The van der Waals surface area contributed by atoms with E-state index in [1.807, 2.05) is 41.5 Å². The van der Waals surface area contributed by atoms with E-state index >= 15 is 0 Å². The molecule has 4 fully saturated rings. The van der Waals surface area contributed by atoms with Gasteiger partial charge in [0.05, 0.1) is 6.20 Å². The highest BCUT2D eigenvalue weighted by molar-refractivity contribution is 6.39. The number of nitrogens with one attached hydrogen (secondary N) is 4. The molecular weight excluding hydrogens is 626 g/mol. The monoisotopic (exact) mass is 679 g/mol. The minimum absolute atomic E-state index is 0.0227. The summed E-state index contributed by atoms with van der Waals surface area (Å²) in [6, 6.07) is -3.86. The molecule has 0 radical (unpaired) electrons. The van der Waals surface area contributed by atoms with Gasteiger partial charge in [-0.2, -0.15) is 0 Å². The number of rotatable bonds is 11. The molecule has 5 rings (SSSR count). The number of carbonyl (C=O) groups is 6. The smallest absolute Gasteiger partial charge is 0.289 e. The standard InChI is InChI=1S/C36H53N7O6/c1-7-20(3)39-33(48)27(44)28-36(8-2)15-14-22-19-43(26(24(22)36)32(47)41-28)34(49)29(35(4,5)6)42-31(46)25(21-12-10-9-11-13-21)40-30(45)23-18-37-16-17-38-23/h16-18,20-22,24-26,28-29H,7-15,19H2,1-6H3,(H,39,48)(H,40,45)(H,41,47)(H,42,46)/t20-,22-,24-,25-,26-,28+,29+,36?/m0/s1. The molecule has 0 bridgehead atoms. The lowest BCUT2D eigenvalue weighted by molar-refractivity contribution is -0.153. The van der Waals surface area contributed by atoms with Crippen LogP contribution in [0.25, 0.3) is 0 Å². The molecule has 13 nitrogen and oxygen atoms in total. The van der Waals surface area contributed by atoms with Crippen LogP contribution in [-0.4, -0.2) is 86.9 Å². The number of aromatic nitrogens is 2. The summed E-state index contributed by atoms with van der Waals surface area (Å²) in [6.45, 7) is 11.6. The van der Waals surface area contributed by atoms with Gasteiger partial charge in [-0.25, -0.2) is 4.98 Å². The molecule has 8 atom stereocenters. The summed E-state index contributed by atoms with van der Waals surface area (Å²) in [4.78, 5) is 92.1. The van der Waals surface area contributed by atoms with Crippen LogP contribution in [-0.2, 0) is 24.0 Å². The van der Waals surface area contributed by atoms with Crippen LogP contribution in [0, 0.1) is 28.6 Å². The third-order valence-corrected chi connectivity index (χ3v) is 11.7. The van der Waals surface area contributed by atoms with Crippen LogP contribution in [0.1, 0.15) is 110 Å². The number of hydrogen-bond acceptors (Lipinski definition) is 8. The summed E-state index contributed by atoms with van der Waals surface area (Å²) in [5, 5.41) is 11.5. The molecule has 0 spiro atoms. The topological polar surface area (TPSA) is 180 Å². The second-order valence-corrected chi connectivity index (χ2v) is 15.7. The predicted octanol–water partition coefficient (Wildman–Crippen LogP) is 2.30. The van der Waals surface area contributed by atoms with Crippen molar-refractivity contribution in [2.24, 2.45) is 28.6 Å². The summed E-state index contributed by atoms with van der Waals surface area (Å²) in [7, 11) is 0. The van der Waals surface area contributed by atoms with Crippen molar-refractivity contribution in [2.75, 3.05) is 6.54 Å². The Balaban J connectivity index is 1.39. The van der Waals surface area contributed by atoms with E-state index in [2.05, 4.69) is 31.2 Å². The lowest BCUT2D eigenvalue weighted by Gasteiger charge is -2.48. The quantitative estimate of drug-likeness (QED) is 0.257. The SMILES string of the molecule is CC[C@H](C)NC(=O)C(=O)[C@H]1NC(=O)[C@@H]2[C@@H]3[C@@H](CCC31CC)CN2C(=O)[C@@H](NC(=O)[C@@H](NC(=O)c1cnccn1)C1CCCCC1)C(C)(C)C. The molecule has 268 valence electrons. The Bertz CT molecular complexity index is 1440. The molecule has 1 aromatic heterocycles. The van der Waals surface area contributed by atoms with Crippen molar-refractivity contribution < 1.29 is 28.8 Å². The van der Waals surface area contributed by atoms with Crippen molar-refractivity contribution in [3.8, 4) is 0 Å². The summed E-state index contributed by atoms with van der Waals surface area (Å²) in [6.07, 6.45) is 11.3. The van der Waals surface area contributed by atoms with Crippen LogP contribution in [0.5, 0.6) is 0 Å². The van der Waals surface area contributed by atoms with Crippen LogP contribution < -0.4 is 21.3 Å². The predicted molar refractivity (Wildman–Crippen MR) is 181 cm³/mol. The molecule has 2 aliphatic carbocycles. The molecule has 3 heterocycles. The minimum atomic E-state index is -0.997. The number of nitrogens with zero attached hydrogens (tertiary/aromatic N) is 3. The Kier molecular flexibility index (Phi) is 10.8. The van der Waals surface area contributed by atoms with E-state index in [0.717, 1.165) is 38.5 Å². The minimum Gasteiger partial charge on any atom is -0.347 e. The molecule has 1 unspecified atom stereocenters. The van der Waals surface area contributed by atoms with Crippen LogP contribution in [0.3, 0.4) is 0 Å². The third-order valence-electron chi connectivity index (χ3n) is 11.7. The van der Waals surface area contributed by atoms with Gasteiger partial charge in [-0.1, -0.05) is 53.9 Å². The first-order valence-corrected chi connectivity index (χ1v) is 18.1. The molecule has 2 aliphatic heterocycles. The van der Waals surface area contributed by atoms with Gasteiger partial charge in [-0.15, -0.1) is 0 Å². The summed E-state index contributed by atoms with van der Waals surface area (Å²) < 4.78 is 0. The van der Waals surface area contributed by atoms with E-state index in [-0.39, 0.29) is 35.4 Å². The number of piperidine rings is 1. The van der Waals surface area contributed by atoms with Gasteiger partial charge >= 0.3 is 0 Å². The van der Waals surface area contributed by atoms with Gasteiger partial charge in [0.25, 0.3) is 11.8 Å². The van der Waals surface area contributed by atoms with Crippen LogP contribution >= 0.6 is 0 Å². The fourth-order valence-electron chi connectivity index (χ4n) is 8.86. The van der Waals surface area contributed by atoms with Gasteiger partial charge in [-0.05, 0) is 62.7 Å². The molecule has 1 aromatic rings. The van der Waals surface area contributed by atoms with E-state index in [9.17, 15) is 28.8 Å². The second kappa shape index (κ2) is 14.5. The zero-order chi connectivity index (χ0) is 35.7. The van der Waals surface area contributed by atoms with Crippen molar-refractivity contribution >= 4 is 35.3 Å². The number of carbonyl (C=O) groups excluding carboxylic acids is 6. The lowest BCUT2D eigenvalue weighted by atomic mass is 9.63. The van der Waals surface area contributed by atoms with Gasteiger partial charge < -0.3 is 26.2 Å². The van der Waals surface area contributed by atoms with E-state index in [0.29, 0.717) is 25.8 Å². The first-order chi connectivity index (χ1) is 23.2. The molecule has 13 heteroatoms. The highest BCUT2D eigenvalue weighted by Gasteiger charge is 2.67. The van der Waals surface area contributed by atoms with Crippen LogP contribution in [0.2, 0.25) is 0 Å². The fourth-order valence-corrected chi connectivity index (χ4v) is 8.86. The molecular formula is C36H53N7O6. The Hall–Kier alpha value is -3.90. The van der Waals surface area contributed by atoms with Gasteiger partial charge in [-0.3, -0.25) is 33.8 Å². The second-order valence-electron chi connectivity index (χ2n) is 15.7. The van der Waals surface area contributed by atoms with E-state index in [1.54, 1.807) is 4.90 Å². The number of hydrogen-bond donors (Lipinski definition) is 4. The first-order valence-electron chi connectivity index (χ1n) is 18.1. The summed E-state index contributed by atoms with van der Waals surface area (Å²) in [5.74, 6) is -3.56. The summed E-state index contributed by atoms with van der Waals surface area (Å²) >= 11 is 0. The number of amides is 5. The first kappa shape index (κ1) is 36.4. The van der Waals surface area contributed by atoms with E-state index in [1.165, 1.54) is 18.6 Å². The Morgan fingerprint density at radius 3 is 2.35 bits per heavy atom. The maximum absolute atomic E-state index is 14.6. The third kappa shape index (κ3) is 7.08. The maximum atomic E-state index is 14.6. The zero-order valence-electron chi connectivity index (χ0n) is 29.7. The van der Waals surface area contributed by atoms with E-state index < -0.39 is 64.4 Å². The van der Waals surface area contributed by atoms with Gasteiger partial charge in [0.2, 0.25) is 23.5 Å². The highest BCUT2D eigenvalue weighted by Crippen LogP contribution is 2.59. The Morgan fingerprint density at radius 2 is 1.73 bits per heavy atom. The number of ketones is 1. The van der Waals surface area contributed by atoms with Crippen LogP contribution in [0.15, 0.2) is 18.6 Å². The molecule has 4 aliphatic rings. The van der Waals surface area contributed by atoms with Crippen molar-refractivity contribution in [3.05, 3.63) is 24.3 Å². The maximum Gasteiger partial charge on any atom is 0.289 e. The fraction of sp³-hybridized carbons (Fsp3) is 0.722. The van der Waals surface area contributed by atoms with Crippen molar-refractivity contribution in [2.45, 2.75) is 130 Å². The van der Waals surface area contributed by atoms with Crippen molar-refractivity contribution in [1.29, 1.82) is 0 Å². The lowest BCUT2D eigenvalue weighted by Crippen LogP contribution is -2.69. The highest BCUT2D eigenvalue weighted by atomic mass is 16.2. The number of likely N-dealkylation sites (tertiary alicyclic amines) is 1. The summed E-state index contributed by atoms with van der Waals surface area (Å²) in [5.41, 5.74) is -1.31. The molecule has 0 aromatic carbocycles. The van der Waals surface area contributed by atoms with Gasteiger partial charge in [0, 0.05) is 36.3 Å².